The number of amides is 1. The van der Waals surface area contributed by atoms with E-state index in [2.05, 4.69) is 17.4 Å². The van der Waals surface area contributed by atoms with Gasteiger partial charge in [-0.2, -0.15) is 0 Å². The van der Waals surface area contributed by atoms with Crippen LogP contribution in [0.2, 0.25) is 0 Å². The molecule has 1 aromatic carbocycles. The largest absolute Gasteiger partial charge is 0.339 e. The Labute approximate surface area is 121 Å². The van der Waals surface area contributed by atoms with E-state index < -0.39 is 0 Å². The second-order valence-electron chi connectivity index (χ2n) is 6.54. The van der Waals surface area contributed by atoms with Crippen LogP contribution < -0.4 is 5.32 Å². The van der Waals surface area contributed by atoms with E-state index in [0.717, 1.165) is 55.7 Å². The lowest BCUT2D eigenvalue weighted by Gasteiger charge is -2.39. The van der Waals surface area contributed by atoms with Gasteiger partial charge >= 0.3 is 0 Å². The van der Waals surface area contributed by atoms with Crippen molar-refractivity contribution in [1.82, 2.24) is 10.2 Å². The van der Waals surface area contributed by atoms with Gasteiger partial charge in [-0.1, -0.05) is 17.7 Å². The zero-order valence-corrected chi connectivity index (χ0v) is 12.5. The number of likely N-dealkylation sites (tertiary alicyclic amines) is 1. The molecule has 0 aromatic heterocycles. The Morgan fingerprint density at radius 2 is 1.95 bits per heavy atom. The molecular formula is C17H24N2O. The molecule has 108 valence electrons. The van der Waals surface area contributed by atoms with Crippen molar-refractivity contribution in [1.29, 1.82) is 0 Å². The molecule has 1 spiro atoms. The van der Waals surface area contributed by atoms with Crippen LogP contribution in [-0.2, 0) is 0 Å². The fourth-order valence-electron chi connectivity index (χ4n) is 3.54. The molecule has 0 radical (unpaired) electrons. The first-order valence-electron chi connectivity index (χ1n) is 7.67. The maximum absolute atomic E-state index is 12.7. The van der Waals surface area contributed by atoms with Crippen molar-refractivity contribution >= 4 is 5.91 Å². The zero-order valence-electron chi connectivity index (χ0n) is 12.5. The fraction of sp³-hybridized carbons (Fsp3) is 0.588. The van der Waals surface area contributed by atoms with E-state index in [-0.39, 0.29) is 5.91 Å². The lowest BCUT2D eigenvalue weighted by molar-refractivity contribution is 0.0607. The van der Waals surface area contributed by atoms with E-state index in [1.165, 1.54) is 6.42 Å². The van der Waals surface area contributed by atoms with Crippen LogP contribution in [0.3, 0.4) is 0 Å². The van der Waals surface area contributed by atoms with Crippen LogP contribution >= 0.6 is 0 Å². The van der Waals surface area contributed by atoms with Gasteiger partial charge in [-0.15, -0.1) is 0 Å². The lowest BCUT2D eigenvalue weighted by Crippen LogP contribution is -2.44. The molecule has 2 saturated heterocycles. The smallest absolute Gasteiger partial charge is 0.254 e. The van der Waals surface area contributed by atoms with Crippen molar-refractivity contribution in [2.75, 3.05) is 26.2 Å². The van der Waals surface area contributed by atoms with Gasteiger partial charge in [-0.05, 0) is 56.7 Å². The molecule has 2 aliphatic heterocycles. The Morgan fingerprint density at radius 3 is 2.60 bits per heavy atom. The summed E-state index contributed by atoms with van der Waals surface area (Å²) in [6.07, 6.45) is 3.58. The summed E-state index contributed by atoms with van der Waals surface area (Å²) in [5.74, 6) is 0.215. The normalized spacial score (nSPS) is 21.4. The van der Waals surface area contributed by atoms with E-state index in [1.807, 2.05) is 24.8 Å². The molecule has 3 heteroatoms. The van der Waals surface area contributed by atoms with Gasteiger partial charge < -0.3 is 10.2 Å². The molecule has 0 saturated carbocycles. The molecule has 2 heterocycles. The van der Waals surface area contributed by atoms with Crippen LogP contribution in [0.15, 0.2) is 18.2 Å². The summed E-state index contributed by atoms with van der Waals surface area (Å²) in [6.45, 7) is 8.18. The average Bonchev–Trinajstić information content (AvgIpc) is 2.90. The van der Waals surface area contributed by atoms with E-state index in [4.69, 9.17) is 0 Å². The van der Waals surface area contributed by atoms with Crippen LogP contribution in [0.5, 0.6) is 0 Å². The molecule has 20 heavy (non-hydrogen) atoms. The average molecular weight is 272 g/mol. The van der Waals surface area contributed by atoms with E-state index in [9.17, 15) is 4.79 Å². The summed E-state index contributed by atoms with van der Waals surface area (Å²) < 4.78 is 0. The third-order valence-electron chi connectivity index (χ3n) is 5.07. The molecule has 3 rings (SSSR count). The van der Waals surface area contributed by atoms with Gasteiger partial charge in [0.1, 0.15) is 0 Å². The van der Waals surface area contributed by atoms with E-state index in [1.54, 1.807) is 0 Å². The highest BCUT2D eigenvalue weighted by Crippen LogP contribution is 2.37. The maximum atomic E-state index is 12.7. The first-order chi connectivity index (χ1) is 9.60. The van der Waals surface area contributed by atoms with Crippen molar-refractivity contribution in [3.05, 3.63) is 34.9 Å². The lowest BCUT2D eigenvalue weighted by atomic mass is 9.77. The van der Waals surface area contributed by atoms with Crippen molar-refractivity contribution in [2.45, 2.75) is 33.1 Å². The number of hydrogen-bond acceptors (Lipinski definition) is 2. The Bertz CT molecular complexity index is 508. The summed E-state index contributed by atoms with van der Waals surface area (Å²) >= 11 is 0. The van der Waals surface area contributed by atoms with E-state index >= 15 is 0 Å². The topological polar surface area (TPSA) is 32.3 Å². The number of nitrogens with one attached hydrogen (secondary N) is 1. The Hall–Kier alpha value is -1.35. The highest BCUT2D eigenvalue weighted by atomic mass is 16.2. The number of rotatable bonds is 1. The first-order valence-corrected chi connectivity index (χ1v) is 7.67. The summed E-state index contributed by atoms with van der Waals surface area (Å²) in [4.78, 5) is 14.7. The van der Waals surface area contributed by atoms with E-state index in [0.29, 0.717) is 5.41 Å². The van der Waals surface area contributed by atoms with Gasteiger partial charge in [0.2, 0.25) is 0 Å². The fourth-order valence-corrected chi connectivity index (χ4v) is 3.54. The standard InChI is InChI=1S/C17H24N2O/c1-13-3-4-14(2)15(11-13)16(20)19-9-6-17(7-10-19)5-8-18-12-17/h3-4,11,18H,5-10,12H2,1-2H3. The number of carbonyl (C=O) groups excluding carboxylic acids is 1. The monoisotopic (exact) mass is 272 g/mol. The highest BCUT2D eigenvalue weighted by Gasteiger charge is 2.38. The number of piperidine rings is 1. The van der Waals surface area contributed by atoms with Crippen molar-refractivity contribution in [2.24, 2.45) is 5.41 Å². The summed E-state index contributed by atoms with van der Waals surface area (Å²) in [6, 6.07) is 6.15. The van der Waals surface area contributed by atoms with Crippen LogP contribution in [0.4, 0.5) is 0 Å². The minimum atomic E-state index is 0.215. The number of aryl methyl sites for hydroxylation is 2. The third-order valence-corrected chi connectivity index (χ3v) is 5.07. The van der Waals surface area contributed by atoms with Crippen molar-refractivity contribution in [3.8, 4) is 0 Å². The van der Waals surface area contributed by atoms with Crippen molar-refractivity contribution < 1.29 is 4.79 Å². The highest BCUT2D eigenvalue weighted by molar-refractivity contribution is 5.95. The number of nitrogens with zero attached hydrogens (tertiary/aromatic N) is 1. The molecule has 1 amide bonds. The summed E-state index contributed by atoms with van der Waals surface area (Å²) in [5, 5.41) is 3.47. The Balaban J connectivity index is 1.71. The second-order valence-corrected chi connectivity index (χ2v) is 6.54. The maximum Gasteiger partial charge on any atom is 0.254 e. The Morgan fingerprint density at radius 1 is 1.20 bits per heavy atom. The molecule has 1 N–H and O–H groups in total. The molecule has 1 aromatic rings. The minimum Gasteiger partial charge on any atom is -0.339 e. The van der Waals surface area contributed by atoms with Crippen LogP contribution in [0.25, 0.3) is 0 Å². The predicted octanol–water partition coefficient (Wildman–Crippen LogP) is 2.52. The number of hydrogen-bond donors (Lipinski definition) is 1. The predicted molar refractivity (Wildman–Crippen MR) is 81.0 cm³/mol. The van der Waals surface area contributed by atoms with Gasteiger partial charge in [-0.25, -0.2) is 0 Å². The Kier molecular flexibility index (Phi) is 3.55. The van der Waals surface area contributed by atoms with Gasteiger partial charge in [-0.3, -0.25) is 4.79 Å². The molecule has 3 nitrogen and oxygen atoms in total. The molecule has 2 fully saturated rings. The molecule has 0 aliphatic carbocycles. The molecular weight excluding hydrogens is 248 g/mol. The molecule has 0 atom stereocenters. The minimum absolute atomic E-state index is 0.215. The zero-order chi connectivity index (χ0) is 14.2. The quantitative estimate of drug-likeness (QED) is 0.852. The molecule has 2 aliphatic rings. The molecule has 0 unspecified atom stereocenters. The summed E-state index contributed by atoms with van der Waals surface area (Å²) in [5.41, 5.74) is 3.60. The van der Waals surface area contributed by atoms with Crippen LogP contribution in [-0.4, -0.2) is 37.0 Å². The van der Waals surface area contributed by atoms with Gasteiger partial charge in [0.25, 0.3) is 5.91 Å². The van der Waals surface area contributed by atoms with Crippen LogP contribution in [0.1, 0.15) is 40.7 Å². The number of benzene rings is 1. The number of carbonyl (C=O) groups is 1. The van der Waals surface area contributed by atoms with Gasteiger partial charge in [0, 0.05) is 25.2 Å². The first kappa shape index (κ1) is 13.6. The van der Waals surface area contributed by atoms with Gasteiger partial charge in [0.15, 0.2) is 0 Å². The third kappa shape index (κ3) is 2.47. The van der Waals surface area contributed by atoms with Crippen molar-refractivity contribution in [3.63, 3.8) is 0 Å². The second kappa shape index (κ2) is 5.21. The van der Waals surface area contributed by atoms with Crippen LogP contribution in [0, 0.1) is 19.3 Å². The molecule has 0 bridgehead atoms. The SMILES string of the molecule is Cc1ccc(C)c(C(=O)N2CCC3(CCNC3)CC2)c1. The van der Waals surface area contributed by atoms with Gasteiger partial charge in [0.05, 0.1) is 0 Å². The summed E-state index contributed by atoms with van der Waals surface area (Å²) in [7, 11) is 0.